The first-order valence-electron chi connectivity index (χ1n) is 15.7. The van der Waals surface area contributed by atoms with Crippen LogP contribution in [-0.4, -0.2) is 0 Å². The summed E-state index contributed by atoms with van der Waals surface area (Å²) in [6, 6.07) is 27.3. The Balaban J connectivity index is 0.000000154. The standard InChI is InChI=1S/C22H22S4.C18H14S4/c1-11-7-19(23-15(11)5)21-13(3)9-17(25-21)18-10-14(4)22(26-18)20-8-12(2)16(6)24-20;1-11-3-5-13(19-11)15-7-9-17(21-15)18-10-8-16(22-18)14-6-4-12(2)20-14/h7-10H,1-6H3;3-10H,1-2H3. The van der Waals surface area contributed by atoms with E-state index in [1.54, 1.807) is 0 Å². The van der Waals surface area contributed by atoms with Gasteiger partial charge in [-0.05, 0) is 150 Å². The number of hydrogen-bond donors (Lipinski definition) is 0. The van der Waals surface area contributed by atoms with Gasteiger partial charge in [-0.15, -0.1) is 90.7 Å². The summed E-state index contributed by atoms with van der Waals surface area (Å²) in [7, 11) is 0. The molecule has 48 heavy (non-hydrogen) atoms. The summed E-state index contributed by atoms with van der Waals surface area (Å²) in [5, 5.41) is 0. The van der Waals surface area contributed by atoms with E-state index in [1.807, 2.05) is 90.7 Å². The average molecular weight is 773 g/mol. The Morgan fingerprint density at radius 3 is 0.875 bits per heavy atom. The van der Waals surface area contributed by atoms with Gasteiger partial charge in [0.1, 0.15) is 0 Å². The molecule has 0 aliphatic carbocycles. The lowest BCUT2D eigenvalue weighted by Gasteiger charge is -1.93. The van der Waals surface area contributed by atoms with Gasteiger partial charge in [-0.1, -0.05) is 0 Å². The summed E-state index contributed by atoms with van der Waals surface area (Å²) in [6.45, 7) is 17.7. The number of rotatable bonds is 6. The Labute approximate surface area is 316 Å². The van der Waals surface area contributed by atoms with E-state index in [4.69, 9.17) is 0 Å². The lowest BCUT2D eigenvalue weighted by atomic mass is 10.2. The molecule has 8 rings (SSSR count). The third-order valence-corrected chi connectivity index (χ3v) is 18.4. The molecule has 0 bridgehead atoms. The van der Waals surface area contributed by atoms with E-state index in [0.29, 0.717) is 0 Å². The van der Waals surface area contributed by atoms with Crippen molar-refractivity contribution in [3.63, 3.8) is 0 Å². The first-order chi connectivity index (χ1) is 23.0. The highest BCUT2D eigenvalue weighted by atomic mass is 32.1. The normalized spacial score (nSPS) is 11.3. The quantitative estimate of drug-likeness (QED) is 0.158. The summed E-state index contributed by atoms with van der Waals surface area (Å²) < 4.78 is 0. The van der Waals surface area contributed by atoms with Crippen molar-refractivity contribution in [3.8, 4) is 58.5 Å². The van der Waals surface area contributed by atoms with Crippen LogP contribution in [0.15, 0.2) is 72.8 Å². The van der Waals surface area contributed by atoms with Crippen molar-refractivity contribution in [3.05, 3.63) is 115 Å². The van der Waals surface area contributed by atoms with Crippen LogP contribution in [-0.2, 0) is 0 Å². The molecule has 0 amide bonds. The van der Waals surface area contributed by atoms with Crippen LogP contribution < -0.4 is 0 Å². The summed E-state index contributed by atoms with van der Waals surface area (Å²) in [6.07, 6.45) is 0. The van der Waals surface area contributed by atoms with Crippen LogP contribution in [0.5, 0.6) is 0 Å². The minimum atomic E-state index is 1.37. The highest BCUT2D eigenvalue weighted by Gasteiger charge is 2.17. The number of hydrogen-bond acceptors (Lipinski definition) is 8. The van der Waals surface area contributed by atoms with Gasteiger partial charge >= 0.3 is 0 Å². The smallest absolute Gasteiger partial charge is 0.0478 e. The summed E-state index contributed by atoms with van der Waals surface area (Å²) >= 11 is 15.2. The number of aryl methyl sites for hydroxylation is 8. The zero-order valence-electron chi connectivity index (χ0n) is 28.2. The molecule has 0 unspecified atom stereocenters. The second-order valence-electron chi connectivity index (χ2n) is 12.1. The van der Waals surface area contributed by atoms with Crippen molar-refractivity contribution in [1.82, 2.24) is 0 Å². The molecule has 8 heterocycles. The molecule has 0 atom stereocenters. The molecule has 0 N–H and O–H groups in total. The van der Waals surface area contributed by atoms with Gasteiger partial charge in [0.05, 0.1) is 0 Å². The Hall–Kier alpha value is -2.40. The van der Waals surface area contributed by atoms with Crippen LogP contribution in [0.2, 0.25) is 0 Å². The first kappa shape index (κ1) is 34.1. The fraction of sp³-hybridized carbons (Fsp3) is 0.200. The summed E-state index contributed by atoms with van der Waals surface area (Å²) in [4.78, 5) is 22.3. The molecule has 0 spiro atoms. The lowest BCUT2D eigenvalue weighted by molar-refractivity contribution is 1.44. The van der Waals surface area contributed by atoms with Crippen LogP contribution in [0.1, 0.15) is 41.8 Å². The van der Waals surface area contributed by atoms with E-state index in [2.05, 4.69) is 128 Å². The molecule has 0 fully saturated rings. The van der Waals surface area contributed by atoms with Gasteiger partial charge in [-0.2, -0.15) is 0 Å². The van der Waals surface area contributed by atoms with Crippen LogP contribution in [0.4, 0.5) is 0 Å². The third-order valence-electron chi connectivity index (χ3n) is 8.28. The second kappa shape index (κ2) is 14.1. The highest BCUT2D eigenvalue weighted by molar-refractivity contribution is 7.29. The Morgan fingerprint density at radius 2 is 0.583 bits per heavy atom. The molecular weight excluding hydrogens is 737 g/mol. The van der Waals surface area contributed by atoms with Gasteiger partial charge in [0, 0.05) is 78.0 Å². The van der Waals surface area contributed by atoms with Crippen LogP contribution >= 0.6 is 90.7 Å². The molecule has 0 saturated heterocycles. The van der Waals surface area contributed by atoms with E-state index >= 15 is 0 Å². The first-order valence-corrected chi connectivity index (χ1v) is 22.3. The zero-order valence-corrected chi connectivity index (χ0v) is 34.7. The highest BCUT2D eigenvalue weighted by Crippen LogP contribution is 2.47. The maximum atomic E-state index is 2.37. The SMILES string of the molecule is Cc1cc(-c2sc(-c3cc(C)c(-c4cc(C)c(C)s4)s3)cc2C)sc1C.Cc1ccc(-c2ccc(-c3ccc(-c4ccc(C)s4)s3)s2)s1. The van der Waals surface area contributed by atoms with E-state index in [0.717, 1.165) is 0 Å². The minimum Gasteiger partial charge on any atom is -0.140 e. The minimum absolute atomic E-state index is 1.37. The fourth-order valence-corrected chi connectivity index (χ4v) is 14.2. The van der Waals surface area contributed by atoms with E-state index in [1.165, 1.54) is 100 Å². The maximum absolute atomic E-state index is 2.37. The second-order valence-corrected chi connectivity index (χ2v) is 21.5. The topological polar surface area (TPSA) is 0 Å². The van der Waals surface area contributed by atoms with Crippen molar-refractivity contribution in [2.24, 2.45) is 0 Å². The Morgan fingerprint density at radius 1 is 0.271 bits per heavy atom. The van der Waals surface area contributed by atoms with Gasteiger partial charge in [0.2, 0.25) is 0 Å². The van der Waals surface area contributed by atoms with Crippen molar-refractivity contribution >= 4 is 90.7 Å². The third kappa shape index (κ3) is 7.10. The fourth-order valence-electron chi connectivity index (χ4n) is 5.41. The van der Waals surface area contributed by atoms with Gasteiger partial charge < -0.3 is 0 Å². The molecule has 0 aliphatic heterocycles. The molecular formula is C40H36S8. The Bertz CT molecular complexity index is 2140. The van der Waals surface area contributed by atoms with Crippen molar-refractivity contribution in [2.45, 2.75) is 55.4 Å². The average Bonchev–Trinajstić information content (AvgIpc) is 3.88. The zero-order chi connectivity index (χ0) is 33.7. The van der Waals surface area contributed by atoms with Gasteiger partial charge in [-0.25, -0.2) is 0 Å². The molecule has 0 nitrogen and oxygen atoms in total. The van der Waals surface area contributed by atoms with Crippen LogP contribution in [0, 0.1) is 55.4 Å². The molecule has 8 aromatic rings. The van der Waals surface area contributed by atoms with Gasteiger partial charge in [-0.3, -0.25) is 0 Å². The maximum Gasteiger partial charge on any atom is 0.0478 e. The van der Waals surface area contributed by atoms with E-state index in [-0.39, 0.29) is 0 Å². The largest absolute Gasteiger partial charge is 0.140 e. The van der Waals surface area contributed by atoms with E-state index < -0.39 is 0 Å². The predicted octanol–water partition coefficient (Wildman–Crippen LogP) is 16.3. The van der Waals surface area contributed by atoms with Crippen molar-refractivity contribution < 1.29 is 0 Å². The summed E-state index contributed by atoms with van der Waals surface area (Å²) in [5.41, 5.74) is 5.58. The van der Waals surface area contributed by atoms with Crippen LogP contribution in [0.3, 0.4) is 0 Å². The van der Waals surface area contributed by atoms with Crippen molar-refractivity contribution in [2.75, 3.05) is 0 Å². The summed E-state index contributed by atoms with van der Waals surface area (Å²) in [5.74, 6) is 0. The predicted molar refractivity (Wildman–Crippen MR) is 226 cm³/mol. The van der Waals surface area contributed by atoms with Crippen LogP contribution in [0.25, 0.3) is 58.5 Å². The van der Waals surface area contributed by atoms with E-state index in [9.17, 15) is 0 Å². The lowest BCUT2D eigenvalue weighted by Crippen LogP contribution is -1.67. The Kier molecular flexibility index (Phi) is 9.99. The molecule has 0 saturated carbocycles. The molecule has 0 aliphatic rings. The number of thiophene rings is 8. The molecule has 0 radical (unpaired) electrons. The molecule has 8 aromatic heterocycles. The molecule has 8 heteroatoms. The van der Waals surface area contributed by atoms with Gasteiger partial charge in [0.15, 0.2) is 0 Å². The van der Waals surface area contributed by atoms with Crippen molar-refractivity contribution in [1.29, 1.82) is 0 Å². The van der Waals surface area contributed by atoms with Gasteiger partial charge in [0.25, 0.3) is 0 Å². The molecule has 244 valence electrons. The molecule has 0 aromatic carbocycles. The monoisotopic (exact) mass is 772 g/mol.